The van der Waals surface area contributed by atoms with Gasteiger partial charge in [-0.25, -0.2) is 4.79 Å². The fraction of sp³-hybridized carbons (Fsp3) is 0.529. The average molecular weight is 305 g/mol. The van der Waals surface area contributed by atoms with Crippen molar-refractivity contribution in [3.8, 4) is 0 Å². The number of carboxylic acid groups (broad SMARTS) is 1. The van der Waals surface area contributed by atoms with Crippen LogP contribution < -0.4 is 5.32 Å². The number of amides is 1. The Hall–Kier alpha value is -1.88. The zero-order chi connectivity index (χ0) is 15.9. The summed E-state index contributed by atoms with van der Waals surface area (Å²) >= 11 is 0. The molecular formula is C17H23NO4. The number of carbonyl (C=O) groups is 2. The average Bonchev–Trinajstić information content (AvgIpc) is 2.54. The molecular weight excluding hydrogens is 282 g/mol. The molecule has 5 heteroatoms. The number of aryl methyl sites for hydroxylation is 1. The Morgan fingerprint density at radius 2 is 2.09 bits per heavy atom. The topological polar surface area (TPSA) is 75.6 Å². The van der Waals surface area contributed by atoms with E-state index in [0.29, 0.717) is 18.8 Å². The fourth-order valence-electron chi connectivity index (χ4n) is 2.75. The smallest absolute Gasteiger partial charge is 0.326 e. The number of aliphatic carboxylic acids is 1. The van der Waals surface area contributed by atoms with Gasteiger partial charge in [0, 0.05) is 18.1 Å². The van der Waals surface area contributed by atoms with E-state index in [1.54, 1.807) is 12.1 Å². The number of nitrogens with one attached hydrogen (secondary N) is 1. The lowest BCUT2D eigenvalue weighted by Crippen LogP contribution is -2.48. The van der Waals surface area contributed by atoms with Crippen molar-refractivity contribution in [2.45, 2.75) is 38.6 Å². The molecule has 1 saturated heterocycles. The van der Waals surface area contributed by atoms with Crippen molar-refractivity contribution in [1.29, 1.82) is 0 Å². The molecule has 1 aliphatic rings. The molecule has 2 N–H and O–H groups in total. The molecule has 0 spiro atoms. The second-order valence-corrected chi connectivity index (χ2v) is 5.71. The van der Waals surface area contributed by atoms with Crippen molar-refractivity contribution in [3.63, 3.8) is 0 Å². The minimum Gasteiger partial charge on any atom is -0.480 e. The molecule has 1 aromatic rings. The summed E-state index contributed by atoms with van der Waals surface area (Å²) in [5.74, 6) is -1.53. The van der Waals surface area contributed by atoms with Crippen molar-refractivity contribution < 1.29 is 19.4 Å². The van der Waals surface area contributed by atoms with E-state index < -0.39 is 12.0 Å². The molecule has 0 radical (unpaired) electrons. The fourth-order valence-corrected chi connectivity index (χ4v) is 2.75. The van der Waals surface area contributed by atoms with Crippen LogP contribution in [0.15, 0.2) is 24.3 Å². The first-order valence-corrected chi connectivity index (χ1v) is 7.82. The number of hydrogen-bond acceptors (Lipinski definition) is 3. The standard InChI is InChI=1S/C17H23NO4/c1-2-4-12-6-8-13(9-7-12)16(19)18-15(17(20)21)14-5-3-10-22-11-14/h6-9,14-15H,2-5,10-11H2,1H3,(H,18,19)(H,20,21). The Balaban J connectivity index is 2.02. The minimum absolute atomic E-state index is 0.172. The van der Waals surface area contributed by atoms with Gasteiger partial charge in [0.1, 0.15) is 6.04 Å². The lowest BCUT2D eigenvalue weighted by Gasteiger charge is -2.28. The highest BCUT2D eigenvalue weighted by Gasteiger charge is 2.31. The molecule has 2 rings (SSSR count). The number of ether oxygens (including phenoxy) is 1. The van der Waals surface area contributed by atoms with Gasteiger partial charge in [0.2, 0.25) is 0 Å². The van der Waals surface area contributed by atoms with Crippen LogP contribution in [0, 0.1) is 5.92 Å². The summed E-state index contributed by atoms with van der Waals surface area (Å²) in [6, 6.07) is 6.42. The maximum absolute atomic E-state index is 12.3. The molecule has 2 atom stereocenters. The SMILES string of the molecule is CCCc1ccc(C(=O)NC(C(=O)O)C2CCCOC2)cc1. The minimum atomic E-state index is -1.01. The van der Waals surface area contributed by atoms with Gasteiger partial charge in [0.25, 0.3) is 5.91 Å². The lowest BCUT2D eigenvalue weighted by molar-refractivity contribution is -0.142. The second-order valence-electron chi connectivity index (χ2n) is 5.71. The largest absolute Gasteiger partial charge is 0.480 e. The first-order chi connectivity index (χ1) is 10.6. The van der Waals surface area contributed by atoms with E-state index in [-0.39, 0.29) is 11.8 Å². The maximum Gasteiger partial charge on any atom is 0.326 e. The van der Waals surface area contributed by atoms with Gasteiger partial charge in [-0.1, -0.05) is 25.5 Å². The Labute approximate surface area is 130 Å². The van der Waals surface area contributed by atoms with Crippen LogP contribution in [-0.4, -0.2) is 36.2 Å². The summed E-state index contributed by atoms with van der Waals surface area (Å²) in [5.41, 5.74) is 1.66. The predicted octanol–water partition coefficient (Wildman–Crippen LogP) is 2.25. The molecule has 2 unspecified atom stereocenters. The van der Waals surface area contributed by atoms with Crippen LogP contribution in [0.3, 0.4) is 0 Å². The molecule has 5 nitrogen and oxygen atoms in total. The van der Waals surface area contributed by atoms with Crippen LogP contribution in [-0.2, 0) is 16.0 Å². The first kappa shape index (κ1) is 16.5. The summed E-state index contributed by atoms with van der Waals surface area (Å²) < 4.78 is 5.33. The van der Waals surface area contributed by atoms with Crippen LogP contribution in [0.1, 0.15) is 42.1 Å². The Kier molecular flexibility index (Phi) is 5.95. The molecule has 1 fully saturated rings. The normalized spacial score (nSPS) is 19.4. The monoisotopic (exact) mass is 305 g/mol. The Morgan fingerprint density at radius 3 is 2.64 bits per heavy atom. The number of benzene rings is 1. The lowest BCUT2D eigenvalue weighted by atomic mass is 9.93. The molecule has 0 bridgehead atoms. The predicted molar refractivity (Wildman–Crippen MR) is 82.9 cm³/mol. The first-order valence-electron chi connectivity index (χ1n) is 7.82. The molecule has 0 saturated carbocycles. The second kappa shape index (κ2) is 7.94. The summed E-state index contributed by atoms with van der Waals surface area (Å²) in [4.78, 5) is 23.7. The van der Waals surface area contributed by atoms with Crippen molar-refractivity contribution >= 4 is 11.9 Å². The quantitative estimate of drug-likeness (QED) is 0.845. The van der Waals surface area contributed by atoms with Crippen LogP contribution in [0.4, 0.5) is 0 Å². The third-order valence-electron chi connectivity index (χ3n) is 3.97. The molecule has 1 aliphatic heterocycles. The van der Waals surface area contributed by atoms with Gasteiger partial charge in [-0.3, -0.25) is 4.79 Å². The van der Waals surface area contributed by atoms with Crippen LogP contribution in [0.2, 0.25) is 0 Å². The summed E-state index contributed by atoms with van der Waals surface area (Å²) in [6.45, 7) is 3.15. The summed E-state index contributed by atoms with van der Waals surface area (Å²) in [7, 11) is 0. The molecule has 1 amide bonds. The van der Waals surface area contributed by atoms with E-state index in [1.165, 1.54) is 5.56 Å². The summed E-state index contributed by atoms with van der Waals surface area (Å²) in [6.07, 6.45) is 3.61. The molecule has 0 aliphatic carbocycles. The number of carbonyl (C=O) groups excluding carboxylic acids is 1. The molecule has 0 aromatic heterocycles. The van der Waals surface area contributed by atoms with Crippen LogP contribution in [0.5, 0.6) is 0 Å². The number of rotatable bonds is 6. The molecule has 1 heterocycles. The van der Waals surface area contributed by atoms with Gasteiger partial charge in [-0.15, -0.1) is 0 Å². The number of carboxylic acids is 1. The van der Waals surface area contributed by atoms with E-state index in [0.717, 1.165) is 25.7 Å². The summed E-state index contributed by atoms with van der Waals surface area (Å²) in [5, 5.41) is 12.0. The van der Waals surface area contributed by atoms with Gasteiger partial charge >= 0.3 is 5.97 Å². The molecule has 120 valence electrons. The zero-order valence-corrected chi connectivity index (χ0v) is 12.9. The van der Waals surface area contributed by atoms with Gasteiger partial charge in [-0.05, 0) is 37.0 Å². The highest BCUT2D eigenvalue weighted by molar-refractivity contribution is 5.96. The number of hydrogen-bond donors (Lipinski definition) is 2. The van der Waals surface area contributed by atoms with Gasteiger partial charge in [0.15, 0.2) is 0 Å². The highest BCUT2D eigenvalue weighted by atomic mass is 16.5. The van der Waals surface area contributed by atoms with E-state index in [1.807, 2.05) is 12.1 Å². The van der Waals surface area contributed by atoms with E-state index >= 15 is 0 Å². The van der Waals surface area contributed by atoms with Crippen LogP contribution in [0.25, 0.3) is 0 Å². The molecule has 22 heavy (non-hydrogen) atoms. The van der Waals surface area contributed by atoms with Gasteiger partial charge in [0.05, 0.1) is 6.61 Å². The third-order valence-corrected chi connectivity index (χ3v) is 3.97. The third kappa shape index (κ3) is 4.31. The van der Waals surface area contributed by atoms with Crippen LogP contribution >= 0.6 is 0 Å². The zero-order valence-electron chi connectivity index (χ0n) is 12.9. The van der Waals surface area contributed by atoms with E-state index in [9.17, 15) is 14.7 Å². The van der Waals surface area contributed by atoms with E-state index in [2.05, 4.69) is 12.2 Å². The van der Waals surface area contributed by atoms with Crippen molar-refractivity contribution in [3.05, 3.63) is 35.4 Å². The van der Waals surface area contributed by atoms with Crippen molar-refractivity contribution in [2.75, 3.05) is 13.2 Å². The van der Waals surface area contributed by atoms with Gasteiger partial charge < -0.3 is 15.2 Å². The Bertz CT molecular complexity index is 506. The maximum atomic E-state index is 12.3. The Morgan fingerprint density at radius 1 is 1.36 bits per heavy atom. The molecule has 1 aromatic carbocycles. The van der Waals surface area contributed by atoms with Crippen molar-refractivity contribution in [2.24, 2.45) is 5.92 Å². The van der Waals surface area contributed by atoms with E-state index in [4.69, 9.17) is 4.74 Å². The highest BCUT2D eigenvalue weighted by Crippen LogP contribution is 2.18. The van der Waals surface area contributed by atoms with Crippen molar-refractivity contribution in [1.82, 2.24) is 5.32 Å². The van der Waals surface area contributed by atoms with Gasteiger partial charge in [-0.2, -0.15) is 0 Å².